The van der Waals surface area contributed by atoms with Gasteiger partial charge in [0.2, 0.25) is 0 Å². The number of para-hydroxylation sites is 1. The fourth-order valence-corrected chi connectivity index (χ4v) is 2.51. The first-order valence-electron chi connectivity index (χ1n) is 8.49. The summed E-state index contributed by atoms with van der Waals surface area (Å²) in [5, 5.41) is 6.67. The van der Waals surface area contributed by atoms with E-state index in [-0.39, 0.29) is 0 Å². The Morgan fingerprint density at radius 1 is 0.920 bits per heavy atom. The Balaban J connectivity index is 1.93. The molecule has 0 aliphatic rings. The average Bonchev–Trinajstić information content (AvgIpc) is 2.67. The summed E-state index contributed by atoms with van der Waals surface area (Å²) >= 11 is 0. The zero-order chi connectivity index (χ0) is 17.9. The zero-order valence-electron chi connectivity index (χ0n) is 15.2. The number of nitrogens with one attached hydrogen (secondary N) is 2. The predicted molar refractivity (Wildman–Crippen MR) is 102 cm³/mol. The van der Waals surface area contributed by atoms with Gasteiger partial charge in [-0.2, -0.15) is 0 Å². The van der Waals surface area contributed by atoms with Gasteiger partial charge >= 0.3 is 0 Å². The number of hydrogen-bond donors (Lipinski definition) is 2. The fraction of sp³-hybridized carbons (Fsp3) is 0.350. The zero-order valence-corrected chi connectivity index (χ0v) is 15.2. The predicted octanol–water partition coefficient (Wildman–Crippen LogP) is 3.10. The van der Waals surface area contributed by atoms with Gasteiger partial charge in [0.15, 0.2) is 5.96 Å². The maximum Gasteiger partial charge on any atom is 0.191 e. The first-order chi connectivity index (χ1) is 12.3. The molecule has 25 heavy (non-hydrogen) atoms. The molecule has 134 valence electrons. The molecule has 0 saturated carbocycles. The minimum Gasteiger partial charge on any atom is -0.496 e. The van der Waals surface area contributed by atoms with E-state index in [1.165, 1.54) is 11.1 Å². The van der Waals surface area contributed by atoms with Gasteiger partial charge < -0.3 is 20.1 Å². The molecule has 0 fully saturated rings. The summed E-state index contributed by atoms with van der Waals surface area (Å²) in [5.41, 5.74) is 3.48. The van der Waals surface area contributed by atoms with Crippen molar-refractivity contribution < 1.29 is 9.47 Å². The number of hydrogen-bond acceptors (Lipinski definition) is 3. The number of benzene rings is 2. The first kappa shape index (κ1) is 18.8. The van der Waals surface area contributed by atoms with Gasteiger partial charge in [-0.25, -0.2) is 0 Å². The topological polar surface area (TPSA) is 54.9 Å². The third-order valence-corrected chi connectivity index (χ3v) is 3.89. The molecule has 0 spiro atoms. The van der Waals surface area contributed by atoms with Crippen LogP contribution in [-0.4, -0.2) is 26.7 Å². The van der Waals surface area contributed by atoms with Crippen molar-refractivity contribution in [3.8, 4) is 5.75 Å². The molecular formula is C20H27N3O2. The van der Waals surface area contributed by atoms with Gasteiger partial charge in [-0.15, -0.1) is 0 Å². The Bertz CT molecular complexity index is 686. The van der Waals surface area contributed by atoms with Crippen molar-refractivity contribution in [2.75, 3.05) is 20.8 Å². The van der Waals surface area contributed by atoms with Gasteiger partial charge in [-0.1, -0.05) is 42.5 Å². The summed E-state index contributed by atoms with van der Waals surface area (Å²) in [6.07, 6.45) is 0. The lowest BCUT2D eigenvalue weighted by Gasteiger charge is -2.15. The van der Waals surface area contributed by atoms with Gasteiger partial charge in [-0.3, -0.25) is 4.99 Å². The molecule has 0 amide bonds. The van der Waals surface area contributed by atoms with E-state index >= 15 is 0 Å². The van der Waals surface area contributed by atoms with Crippen molar-refractivity contribution in [3.63, 3.8) is 0 Å². The molecule has 5 nitrogen and oxygen atoms in total. The lowest BCUT2D eigenvalue weighted by atomic mass is 10.1. The van der Waals surface area contributed by atoms with E-state index in [1.54, 1.807) is 14.2 Å². The van der Waals surface area contributed by atoms with E-state index in [4.69, 9.17) is 9.47 Å². The van der Waals surface area contributed by atoms with Gasteiger partial charge in [0.1, 0.15) is 5.75 Å². The summed E-state index contributed by atoms with van der Waals surface area (Å²) in [6, 6.07) is 16.2. The number of methoxy groups -OCH3 is 1. The van der Waals surface area contributed by atoms with Crippen LogP contribution in [0, 0.1) is 0 Å². The molecule has 0 radical (unpaired) electrons. The van der Waals surface area contributed by atoms with E-state index in [0.717, 1.165) is 17.3 Å². The lowest BCUT2D eigenvalue weighted by Crippen LogP contribution is -2.36. The van der Waals surface area contributed by atoms with Crippen LogP contribution in [0.1, 0.15) is 23.6 Å². The molecule has 2 N–H and O–H groups in total. The van der Waals surface area contributed by atoms with Crippen LogP contribution in [0.25, 0.3) is 0 Å². The van der Waals surface area contributed by atoms with E-state index in [9.17, 15) is 0 Å². The molecule has 2 aromatic rings. The SMILES string of the molecule is CCOCc1ccccc1CNC(=NC)NCc1ccccc1OC. The van der Waals surface area contributed by atoms with E-state index in [1.807, 2.05) is 43.3 Å². The minimum absolute atomic E-state index is 0.627. The number of guanidine groups is 1. The molecule has 0 aliphatic heterocycles. The van der Waals surface area contributed by atoms with Crippen LogP contribution in [0.4, 0.5) is 0 Å². The molecule has 0 heterocycles. The number of aliphatic imine (C=N–C) groups is 1. The summed E-state index contributed by atoms with van der Waals surface area (Å²) in [7, 11) is 3.45. The molecule has 0 unspecified atom stereocenters. The fourth-order valence-electron chi connectivity index (χ4n) is 2.51. The maximum absolute atomic E-state index is 5.54. The van der Waals surface area contributed by atoms with Gasteiger partial charge in [0.25, 0.3) is 0 Å². The van der Waals surface area contributed by atoms with Crippen LogP contribution in [-0.2, 0) is 24.4 Å². The monoisotopic (exact) mass is 341 g/mol. The highest BCUT2D eigenvalue weighted by molar-refractivity contribution is 5.79. The van der Waals surface area contributed by atoms with Crippen LogP contribution in [0.15, 0.2) is 53.5 Å². The third-order valence-electron chi connectivity index (χ3n) is 3.89. The number of rotatable bonds is 8. The van der Waals surface area contributed by atoms with Crippen molar-refractivity contribution in [2.24, 2.45) is 4.99 Å². The highest BCUT2D eigenvalue weighted by Gasteiger charge is 2.05. The second kappa shape index (κ2) is 10.4. The maximum atomic E-state index is 5.54. The second-order valence-corrected chi connectivity index (χ2v) is 5.50. The van der Waals surface area contributed by atoms with Crippen LogP contribution in [0.2, 0.25) is 0 Å². The molecule has 0 saturated heterocycles. The standard InChI is InChI=1S/C20H27N3O2/c1-4-25-15-18-11-6-5-9-16(18)13-22-20(21-2)23-14-17-10-7-8-12-19(17)24-3/h5-12H,4,13-15H2,1-3H3,(H2,21,22,23). The largest absolute Gasteiger partial charge is 0.496 e. The van der Waals surface area contributed by atoms with Gasteiger partial charge in [-0.05, 0) is 24.1 Å². The van der Waals surface area contributed by atoms with Gasteiger partial charge in [0, 0.05) is 32.3 Å². The number of nitrogens with zero attached hydrogens (tertiary/aromatic N) is 1. The van der Waals surface area contributed by atoms with Gasteiger partial charge in [0.05, 0.1) is 13.7 Å². The summed E-state index contributed by atoms with van der Waals surface area (Å²) in [5.74, 6) is 1.62. The molecule has 0 aliphatic carbocycles. The van der Waals surface area contributed by atoms with Crippen molar-refractivity contribution in [1.82, 2.24) is 10.6 Å². The molecular weight excluding hydrogens is 314 g/mol. The Hall–Kier alpha value is -2.53. The van der Waals surface area contributed by atoms with Crippen molar-refractivity contribution in [3.05, 3.63) is 65.2 Å². The van der Waals surface area contributed by atoms with Crippen molar-refractivity contribution in [1.29, 1.82) is 0 Å². The Morgan fingerprint density at radius 2 is 1.52 bits per heavy atom. The molecule has 0 bridgehead atoms. The minimum atomic E-state index is 0.627. The van der Waals surface area contributed by atoms with E-state index in [0.29, 0.717) is 26.3 Å². The van der Waals surface area contributed by atoms with Crippen LogP contribution >= 0.6 is 0 Å². The lowest BCUT2D eigenvalue weighted by molar-refractivity contribution is 0.133. The quantitative estimate of drug-likeness (QED) is 0.572. The smallest absolute Gasteiger partial charge is 0.191 e. The Morgan fingerprint density at radius 3 is 2.16 bits per heavy atom. The highest BCUT2D eigenvalue weighted by atomic mass is 16.5. The molecule has 5 heteroatoms. The van der Waals surface area contributed by atoms with Crippen molar-refractivity contribution >= 4 is 5.96 Å². The normalized spacial score (nSPS) is 11.2. The Labute approximate surface area is 150 Å². The molecule has 0 aromatic heterocycles. The molecule has 0 atom stereocenters. The van der Waals surface area contributed by atoms with E-state index < -0.39 is 0 Å². The average molecular weight is 341 g/mol. The van der Waals surface area contributed by atoms with Crippen LogP contribution in [0.5, 0.6) is 5.75 Å². The first-order valence-corrected chi connectivity index (χ1v) is 8.49. The molecule has 2 aromatic carbocycles. The van der Waals surface area contributed by atoms with E-state index in [2.05, 4.69) is 27.8 Å². The highest BCUT2D eigenvalue weighted by Crippen LogP contribution is 2.16. The molecule has 2 rings (SSSR count). The summed E-state index contributed by atoms with van der Waals surface area (Å²) < 4.78 is 10.9. The summed E-state index contributed by atoms with van der Waals surface area (Å²) in [4.78, 5) is 4.29. The second-order valence-electron chi connectivity index (χ2n) is 5.50. The van der Waals surface area contributed by atoms with Crippen molar-refractivity contribution in [2.45, 2.75) is 26.6 Å². The third kappa shape index (κ3) is 5.80. The summed E-state index contributed by atoms with van der Waals surface area (Å²) in [6.45, 7) is 4.68. The Kier molecular flexibility index (Phi) is 7.79. The van der Waals surface area contributed by atoms with Crippen LogP contribution in [0.3, 0.4) is 0 Å². The number of ether oxygens (including phenoxy) is 2. The van der Waals surface area contributed by atoms with Crippen LogP contribution < -0.4 is 15.4 Å².